The highest BCUT2D eigenvalue weighted by molar-refractivity contribution is 7.19. The molecule has 1 fully saturated rings. The second-order valence-electron chi connectivity index (χ2n) is 9.31. The topological polar surface area (TPSA) is 93.1 Å². The number of rotatable bonds is 7. The average molecular weight is 515 g/mol. The zero-order valence-corrected chi connectivity index (χ0v) is 21.6. The van der Waals surface area contributed by atoms with Gasteiger partial charge in [-0.3, -0.25) is 4.90 Å². The maximum Gasteiger partial charge on any atom is 0.113 e. The molecule has 8 heteroatoms. The molecule has 184 valence electrons. The van der Waals surface area contributed by atoms with Gasteiger partial charge in [-0.2, -0.15) is 0 Å². The van der Waals surface area contributed by atoms with Gasteiger partial charge >= 0.3 is 0 Å². The van der Waals surface area contributed by atoms with E-state index in [0.29, 0.717) is 6.42 Å². The standard InChI is InChI=1S/C28H30N6S2/c29-20(27-32-21-10-4-5-11-22(21)35-27)17-19-9-6-12-23-25(19)33-28(36-23)24(30)26(18-7-2-1-3-8-18)34-15-13-31-14-16-34/h1-12,20,24,26,31H,13-17,29-30H2. The predicted octanol–water partition coefficient (Wildman–Crippen LogP) is 4.79. The van der Waals surface area contributed by atoms with E-state index in [4.69, 9.17) is 21.4 Å². The average Bonchev–Trinajstić information content (AvgIpc) is 3.55. The fourth-order valence-electron chi connectivity index (χ4n) is 5.09. The minimum atomic E-state index is -0.214. The zero-order valence-electron chi connectivity index (χ0n) is 20.0. The van der Waals surface area contributed by atoms with Crippen LogP contribution < -0.4 is 16.8 Å². The van der Waals surface area contributed by atoms with Crippen LogP contribution in [0.1, 0.15) is 39.3 Å². The molecule has 5 N–H and O–H groups in total. The van der Waals surface area contributed by atoms with Crippen molar-refractivity contribution in [3.8, 4) is 0 Å². The molecule has 1 saturated heterocycles. The molecule has 3 heterocycles. The van der Waals surface area contributed by atoms with Gasteiger partial charge in [0.1, 0.15) is 10.0 Å². The molecule has 3 atom stereocenters. The highest BCUT2D eigenvalue weighted by atomic mass is 32.1. The molecule has 1 aliphatic rings. The van der Waals surface area contributed by atoms with E-state index in [0.717, 1.165) is 57.5 Å². The van der Waals surface area contributed by atoms with Crippen molar-refractivity contribution < 1.29 is 0 Å². The van der Waals surface area contributed by atoms with Crippen molar-refractivity contribution in [3.05, 3.63) is 93.9 Å². The van der Waals surface area contributed by atoms with Gasteiger partial charge in [-0.1, -0.05) is 54.6 Å². The van der Waals surface area contributed by atoms with Crippen molar-refractivity contribution in [1.82, 2.24) is 20.2 Å². The third-order valence-electron chi connectivity index (χ3n) is 6.90. The van der Waals surface area contributed by atoms with Crippen LogP contribution in [0.25, 0.3) is 20.4 Å². The molecule has 6 nitrogen and oxygen atoms in total. The molecule has 1 aliphatic heterocycles. The van der Waals surface area contributed by atoms with Gasteiger partial charge in [0, 0.05) is 26.2 Å². The Labute approximate surface area is 219 Å². The fourth-order valence-corrected chi connectivity index (χ4v) is 7.11. The van der Waals surface area contributed by atoms with Gasteiger partial charge in [-0.05, 0) is 35.7 Å². The lowest BCUT2D eigenvalue weighted by molar-refractivity contribution is 0.151. The molecular formula is C28H30N6S2. The van der Waals surface area contributed by atoms with Gasteiger partial charge in [0.05, 0.1) is 38.6 Å². The first kappa shape index (κ1) is 23.7. The van der Waals surface area contributed by atoms with Gasteiger partial charge in [-0.25, -0.2) is 9.97 Å². The van der Waals surface area contributed by atoms with Crippen molar-refractivity contribution in [3.63, 3.8) is 0 Å². The van der Waals surface area contributed by atoms with E-state index in [-0.39, 0.29) is 18.1 Å². The van der Waals surface area contributed by atoms with E-state index in [1.807, 2.05) is 18.2 Å². The van der Waals surface area contributed by atoms with Crippen LogP contribution in [0.5, 0.6) is 0 Å². The minimum Gasteiger partial charge on any atom is -0.322 e. The summed E-state index contributed by atoms with van der Waals surface area (Å²) in [5.41, 5.74) is 18.1. The quantitative estimate of drug-likeness (QED) is 0.289. The van der Waals surface area contributed by atoms with Gasteiger partial charge in [-0.15, -0.1) is 22.7 Å². The summed E-state index contributed by atoms with van der Waals surface area (Å²) in [6.07, 6.45) is 0.690. The third-order valence-corrected chi connectivity index (χ3v) is 9.19. The molecule has 3 aromatic carbocycles. The van der Waals surface area contributed by atoms with Crippen molar-refractivity contribution in [2.45, 2.75) is 24.5 Å². The minimum absolute atomic E-state index is 0.0855. The lowest BCUT2D eigenvalue weighted by Gasteiger charge is -2.37. The first-order valence-corrected chi connectivity index (χ1v) is 14.1. The number of hydrogen-bond donors (Lipinski definition) is 3. The van der Waals surface area contributed by atoms with Crippen LogP contribution in [0, 0.1) is 0 Å². The second-order valence-corrected chi connectivity index (χ2v) is 11.4. The monoisotopic (exact) mass is 514 g/mol. The number of piperazine rings is 1. The molecule has 0 saturated carbocycles. The Bertz CT molecular complexity index is 1420. The Balaban J connectivity index is 1.31. The Morgan fingerprint density at radius 2 is 1.53 bits per heavy atom. The van der Waals surface area contributed by atoms with Crippen LogP contribution in [-0.4, -0.2) is 41.0 Å². The van der Waals surface area contributed by atoms with Crippen LogP contribution in [0.3, 0.4) is 0 Å². The molecule has 0 aliphatic carbocycles. The molecule has 5 aromatic rings. The molecule has 0 bridgehead atoms. The molecule has 0 radical (unpaired) electrons. The normalized spacial score (nSPS) is 17.4. The van der Waals surface area contributed by atoms with Gasteiger partial charge in [0.2, 0.25) is 0 Å². The van der Waals surface area contributed by atoms with E-state index in [1.54, 1.807) is 22.7 Å². The summed E-state index contributed by atoms with van der Waals surface area (Å²) in [5, 5.41) is 5.39. The summed E-state index contributed by atoms with van der Waals surface area (Å²) >= 11 is 3.37. The molecule has 2 aromatic heterocycles. The van der Waals surface area contributed by atoms with E-state index in [2.05, 4.69) is 64.8 Å². The highest BCUT2D eigenvalue weighted by Crippen LogP contribution is 2.37. The zero-order chi connectivity index (χ0) is 24.5. The summed E-state index contributed by atoms with van der Waals surface area (Å²) in [6.45, 7) is 3.90. The fraction of sp³-hybridized carbons (Fsp3) is 0.286. The van der Waals surface area contributed by atoms with Gasteiger partial charge < -0.3 is 16.8 Å². The number of nitrogens with two attached hydrogens (primary N) is 2. The van der Waals surface area contributed by atoms with E-state index >= 15 is 0 Å². The number of thiazole rings is 2. The largest absolute Gasteiger partial charge is 0.322 e. The summed E-state index contributed by atoms with van der Waals surface area (Å²) in [5.74, 6) is 0. The molecule has 0 amide bonds. The first-order chi connectivity index (χ1) is 17.7. The van der Waals surface area contributed by atoms with Crippen LogP contribution >= 0.6 is 22.7 Å². The van der Waals surface area contributed by atoms with Crippen molar-refractivity contribution in [1.29, 1.82) is 0 Å². The Hall–Kier alpha value is -2.72. The SMILES string of the molecule is NC(Cc1cccc2sc(C(N)C(c3ccccc3)N3CCNCC3)nc12)c1nc2ccccc2s1. The van der Waals surface area contributed by atoms with E-state index in [9.17, 15) is 0 Å². The lowest BCUT2D eigenvalue weighted by atomic mass is 9.97. The Morgan fingerprint density at radius 3 is 2.33 bits per heavy atom. The summed E-state index contributed by atoms with van der Waals surface area (Å²) in [7, 11) is 0. The number of aromatic nitrogens is 2. The van der Waals surface area contributed by atoms with Crippen molar-refractivity contribution in [2.75, 3.05) is 26.2 Å². The number of benzene rings is 3. The van der Waals surface area contributed by atoms with Gasteiger partial charge in [0.15, 0.2) is 0 Å². The maximum atomic E-state index is 7.00. The molecule has 36 heavy (non-hydrogen) atoms. The smallest absolute Gasteiger partial charge is 0.113 e. The highest BCUT2D eigenvalue weighted by Gasteiger charge is 2.31. The van der Waals surface area contributed by atoms with Crippen LogP contribution in [0.4, 0.5) is 0 Å². The molecule has 0 spiro atoms. The summed E-state index contributed by atoms with van der Waals surface area (Å²) in [6, 6.07) is 24.9. The number of fused-ring (bicyclic) bond motifs is 2. The summed E-state index contributed by atoms with van der Waals surface area (Å²) < 4.78 is 2.32. The van der Waals surface area contributed by atoms with Crippen molar-refractivity contribution >= 4 is 43.1 Å². The molecule has 3 unspecified atom stereocenters. The van der Waals surface area contributed by atoms with E-state index in [1.165, 1.54) is 10.3 Å². The lowest BCUT2D eigenvalue weighted by Crippen LogP contribution is -2.47. The van der Waals surface area contributed by atoms with E-state index < -0.39 is 0 Å². The Kier molecular flexibility index (Phi) is 6.79. The van der Waals surface area contributed by atoms with Crippen LogP contribution in [0.2, 0.25) is 0 Å². The van der Waals surface area contributed by atoms with Crippen LogP contribution in [-0.2, 0) is 6.42 Å². The van der Waals surface area contributed by atoms with Gasteiger partial charge in [0.25, 0.3) is 0 Å². The van der Waals surface area contributed by atoms with Crippen molar-refractivity contribution in [2.24, 2.45) is 11.5 Å². The number of nitrogens with zero attached hydrogens (tertiary/aromatic N) is 3. The number of para-hydroxylation sites is 2. The first-order valence-electron chi connectivity index (χ1n) is 12.4. The second kappa shape index (κ2) is 10.3. The Morgan fingerprint density at radius 1 is 0.806 bits per heavy atom. The predicted molar refractivity (Wildman–Crippen MR) is 150 cm³/mol. The molecule has 6 rings (SSSR count). The molecular weight excluding hydrogens is 484 g/mol. The number of hydrogen-bond acceptors (Lipinski definition) is 8. The van der Waals surface area contributed by atoms with Crippen LogP contribution in [0.15, 0.2) is 72.8 Å². The maximum absolute atomic E-state index is 7.00. The third kappa shape index (κ3) is 4.68. The number of nitrogens with one attached hydrogen (secondary N) is 1. The summed E-state index contributed by atoms with van der Waals surface area (Å²) in [4.78, 5) is 12.4.